The second-order valence-corrected chi connectivity index (χ2v) is 9.21. The summed E-state index contributed by atoms with van der Waals surface area (Å²) in [4.78, 5) is 14.7. The van der Waals surface area contributed by atoms with Gasteiger partial charge in [0.1, 0.15) is 5.75 Å². The first-order valence-electron chi connectivity index (χ1n) is 12.1. The zero-order valence-corrected chi connectivity index (χ0v) is 21.1. The lowest BCUT2D eigenvalue weighted by atomic mass is 10.1. The molecule has 1 amide bonds. The average molecular weight is 505 g/mol. The van der Waals surface area contributed by atoms with Crippen molar-refractivity contribution in [2.24, 2.45) is 0 Å². The number of fused-ring (bicyclic) bond motifs is 3. The molecular weight excluding hydrogens is 480 g/mol. The molecule has 0 N–H and O–H groups in total. The second-order valence-electron chi connectivity index (χ2n) is 8.86. The summed E-state index contributed by atoms with van der Waals surface area (Å²) in [5.74, 6) is 0.794. The Labute approximate surface area is 220 Å². The number of aromatic nitrogens is 1. The van der Waals surface area contributed by atoms with Crippen LogP contribution < -0.4 is 4.74 Å². The van der Waals surface area contributed by atoms with E-state index >= 15 is 0 Å². The van der Waals surface area contributed by atoms with Gasteiger partial charge in [-0.1, -0.05) is 60.7 Å². The SMILES string of the molecule is COc1ccccc1CCN1C(=O)C(=Cc2ccc3c(c2)c2ccccc2n3-c2ccccc2)OC1=S. The number of rotatable bonds is 6. The Morgan fingerprint density at radius 3 is 2.43 bits per heavy atom. The van der Waals surface area contributed by atoms with Crippen molar-refractivity contribution in [3.63, 3.8) is 0 Å². The summed E-state index contributed by atoms with van der Waals surface area (Å²) in [6.45, 7) is 0.416. The molecule has 1 saturated heterocycles. The highest BCUT2D eigenvalue weighted by Gasteiger charge is 2.33. The van der Waals surface area contributed by atoms with Crippen LogP contribution in [0.2, 0.25) is 0 Å². The predicted octanol–water partition coefficient (Wildman–Crippen LogP) is 6.52. The van der Waals surface area contributed by atoms with Gasteiger partial charge in [-0.3, -0.25) is 9.69 Å². The molecule has 0 spiro atoms. The highest BCUT2D eigenvalue weighted by Crippen LogP contribution is 2.33. The number of carbonyl (C=O) groups is 1. The maximum atomic E-state index is 13.2. The summed E-state index contributed by atoms with van der Waals surface area (Å²) in [6, 6.07) is 32.6. The van der Waals surface area contributed by atoms with Crippen LogP contribution in [0.4, 0.5) is 0 Å². The number of methoxy groups -OCH3 is 1. The van der Waals surface area contributed by atoms with Crippen molar-refractivity contribution >= 4 is 51.2 Å². The normalized spacial score (nSPS) is 14.6. The third-order valence-corrected chi connectivity index (χ3v) is 6.98. The highest BCUT2D eigenvalue weighted by atomic mass is 32.1. The number of thiocarbonyl (C=S) groups is 1. The van der Waals surface area contributed by atoms with Crippen LogP contribution in [-0.4, -0.2) is 34.2 Å². The fraction of sp³-hybridized carbons (Fsp3) is 0.0968. The van der Waals surface area contributed by atoms with Gasteiger partial charge in [0.2, 0.25) is 0 Å². The van der Waals surface area contributed by atoms with Crippen molar-refractivity contribution in [3.05, 3.63) is 114 Å². The van der Waals surface area contributed by atoms with Crippen LogP contribution in [0.25, 0.3) is 33.6 Å². The summed E-state index contributed by atoms with van der Waals surface area (Å²) in [7, 11) is 1.64. The Morgan fingerprint density at radius 2 is 1.59 bits per heavy atom. The number of carbonyl (C=O) groups excluding carboxylic acids is 1. The predicted molar refractivity (Wildman–Crippen MR) is 151 cm³/mol. The molecular formula is C31H24N2O3S. The Bertz CT molecular complexity index is 1690. The largest absolute Gasteiger partial charge is 0.496 e. The lowest BCUT2D eigenvalue weighted by molar-refractivity contribution is -0.122. The number of benzene rings is 4. The summed E-state index contributed by atoms with van der Waals surface area (Å²) >= 11 is 5.39. The number of hydrogen-bond donors (Lipinski definition) is 0. The summed E-state index contributed by atoms with van der Waals surface area (Å²) in [6.07, 6.45) is 2.38. The molecule has 0 saturated carbocycles. The van der Waals surface area contributed by atoms with E-state index < -0.39 is 0 Å². The number of ether oxygens (including phenoxy) is 2. The summed E-state index contributed by atoms with van der Waals surface area (Å²) in [5.41, 5.74) is 5.22. The molecule has 0 unspecified atom stereocenters. The van der Waals surface area contributed by atoms with E-state index in [9.17, 15) is 4.79 Å². The molecule has 6 heteroatoms. The lowest BCUT2D eigenvalue weighted by Gasteiger charge is -2.13. The fourth-order valence-corrected chi connectivity index (χ4v) is 5.19. The molecule has 2 heterocycles. The van der Waals surface area contributed by atoms with Gasteiger partial charge in [0.25, 0.3) is 11.1 Å². The van der Waals surface area contributed by atoms with E-state index in [1.807, 2.05) is 54.6 Å². The molecule has 1 aliphatic heterocycles. The van der Waals surface area contributed by atoms with E-state index in [0.717, 1.165) is 44.4 Å². The van der Waals surface area contributed by atoms with Gasteiger partial charge in [0.05, 0.1) is 18.1 Å². The van der Waals surface area contributed by atoms with E-state index in [4.69, 9.17) is 21.7 Å². The van der Waals surface area contributed by atoms with Crippen molar-refractivity contribution in [2.45, 2.75) is 6.42 Å². The molecule has 0 radical (unpaired) electrons. The topological polar surface area (TPSA) is 43.7 Å². The fourth-order valence-electron chi connectivity index (χ4n) is 4.92. The van der Waals surface area contributed by atoms with Crippen LogP contribution in [0.1, 0.15) is 11.1 Å². The minimum Gasteiger partial charge on any atom is -0.496 e. The molecule has 5 aromatic rings. The smallest absolute Gasteiger partial charge is 0.297 e. The Morgan fingerprint density at radius 1 is 0.865 bits per heavy atom. The highest BCUT2D eigenvalue weighted by molar-refractivity contribution is 7.80. The Balaban J connectivity index is 1.32. The quantitative estimate of drug-likeness (QED) is 0.195. The Kier molecular flexibility index (Phi) is 5.94. The zero-order valence-electron chi connectivity index (χ0n) is 20.3. The first-order valence-corrected chi connectivity index (χ1v) is 12.5. The van der Waals surface area contributed by atoms with Crippen LogP contribution >= 0.6 is 12.2 Å². The third-order valence-electron chi connectivity index (χ3n) is 6.68. The molecule has 1 aliphatic rings. The standard InChI is InChI=1S/C31H24N2O3S/c1-35-28-14-8-5-9-22(28)17-18-32-30(34)29(36-31(32)37)20-21-15-16-27-25(19-21)24-12-6-7-13-26(24)33(27)23-10-3-2-4-11-23/h2-16,19-20H,17-18H2,1H3. The van der Waals surface area contributed by atoms with Crippen LogP contribution in [0.15, 0.2) is 103 Å². The molecule has 0 aliphatic carbocycles. The van der Waals surface area contributed by atoms with Crippen molar-refractivity contribution in [1.82, 2.24) is 9.47 Å². The molecule has 4 aromatic carbocycles. The second kappa shape index (κ2) is 9.56. The van der Waals surface area contributed by atoms with E-state index in [0.29, 0.717) is 13.0 Å². The molecule has 6 rings (SSSR count). The first-order chi connectivity index (χ1) is 18.1. The van der Waals surface area contributed by atoms with E-state index in [-0.39, 0.29) is 16.8 Å². The van der Waals surface area contributed by atoms with Gasteiger partial charge in [0, 0.05) is 23.0 Å². The van der Waals surface area contributed by atoms with Crippen LogP contribution in [0.3, 0.4) is 0 Å². The van der Waals surface area contributed by atoms with Crippen LogP contribution in [0.5, 0.6) is 5.75 Å². The van der Waals surface area contributed by atoms with Gasteiger partial charge in [-0.05, 0) is 72.2 Å². The van der Waals surface area contributed by atoms with E-state index in [1.54, 1.807) is 13.2 Å². The zero-order chi connectivity index (χ0) is 25.4. The molecule has 0 atom stereocenters. The van der Waals surface area contributed by atoms with Gasteiger partial charge in [-0.25, -0.2) is 0 Å². The molecule has 1 fully saturated rings. The molecule has 0 bridgehead atoms. The van der Waals surface area contributed by atoms with Gasteiger partial charge in [0.15, 0.2) is 5.76 Å². The average Bonchev–Trinajstić information content (AvgIpc) is 3.40. The third kappa shape index (κ3) is 4.15. The van der Waals surface area contributed by atoms with Crippen molar-refractivity contribution in [3.8, 4) is 11.4 Å². The van der Waals surface area contributed by atoms with Crippen LogP contribution in [-0.2, 0) is 16.0 Å². The van der Waals surface area contributed by atoms with Crippen LogP contribution in [0, 0.1) is 0 Å². The first kappa shape index (κ1) is 23.0. The van der Waals surface area contributed by atoms with E-state index in [2.05, 4.69) is 47.0 Å². The Hall–Kier alpha value is -4.42. The van der Waals surface area contributed by atoms with Crippen molar-refractivity contribution < 1.29 is 14.3 Å². The van der Waals surface area contributed by atoms with Crippen molar-refractivity contribution in [1.29, 1.82) is 0 Å². The van der Waals surface area contributed by atoms with Gasteiger partial charge < -0.3 is 14.0 Å². The van der Waals surface area contributed by atoms with Gasteiger partial charge in [-0.2, -0.15) is 0 Å². The van der Waals surface area contributed by atoms with E-state index in [1.165, 1.54) is 4.90 Å². The van der Waals surface area contributed by atoms with Gasteiger partial charge >= 0.3 is 0 Å². The van der Waals surface area contributed by atoms with Crippen molar-refractivity contribution in [2.75, 3.05) is 13.7 Å². The molecule has 182 valence electrons. The van der Waals surface area contributed by atoms with Gasteiger partial charge in [-0.15, -0.1) is 0 Å². The number of amides is 1. The number of hydrogen-bond acceptors (Lipinski definition) is 4. The minimum absolute atomic E-state index is 0.174. The summed E-state index contributed by atoms with van der Waals surface area (Å²) < 4.78 is 13.4. The lowest BCUT2D eigenvalue weighted by Crippen LogP contribution is -2.30. The number of para-hydroxylation sites is 3. The molecule has 1 aromatic heterocycles. The maximum absolute atomic E-state index is 13.2. The molecule has 37 heavy (non-hydrogen) atoms. The molecule has 5 nitrogen and oxygen atoms in total. The number of nitrogens with zero attached hydrogens (tertiary/aromatic N) is 2. The monoisotopic (exact) mass is 504 g/mol. The minimum atomic E-state index is -0.230. The summed E-state index contributed by atoms with van der Waals surface area (Å²) in [5, 5.41) is 2.43. The maximum Gasteiger partial charge on any atom is 0.297 e.